The molecule has 284 valence electrons. The monoisotopic (exact) mass is 729 g/mol. The summed E-state index contributed by atoms with van der Waals surface area (Å²) in [6.45, 7) is 19.0. The van der Waals surface area contributed by atoms with Crippen molar-refractivity contribution in [1.82, 2.24) is 29.3 Å². The number of amides is 3. The number of nitrogens with one attached hydrogen (secondary N) is 2. The number of aromatic nitrogens is 5. The van der Waals surface area contributed by atoms with Gasteiger partial charge in [-0.3, -0.25) is 9.69 Å². The number of carbonyl (C=O) groups excluding carboxylic acids is 3. The van der Waals surface area contributed by atoms with Crippen molar-refractivity contribution in [2.24, 2.45) is 0 Å². The van der Waals surface area contributed by atoms with Gasteiger partial charge in [-0.1, -0.05) is 38.6 Å². The molecular weight excluding hydrogens is 678 g/mol. The van der Waals surface area contributed by atoms with Crippen molar-refractivity contribution in [3.05, 3.63) is 72.7 Å². The number of piperidine rings is 1. The molecule has 3 N–H and O–H groups in total. The zero-order valence-electron chi connectivity index (χ0n) is 31.8. The molecule has 0 bridgehead atoms. The van der Waals surface area contributed by atoms with Crippen LogP contribution in [-0.4, -0.2) is 88.9 Å². The standard InChI is InChI=1S/C38H51N9O6/c1-10-32(49)42-26-19-40-46(23-26)28-15-12-11-14-25(28)22-45(36(51)53-38(7,8)9)33-18-31(43-34-27(24(2)3)20-41-47(33)34)39-21-29-30(48)16-13-17-44(29)35(50)52-37(4,5)6/h10-12,14-15,18-20,23-24,29-30,48H,1,13,16-17,21-22H2,2-9H3,(H,39,43)(H,42,49). The topological polar surface area (TPSA) is 168 Å². The molecule has 53 heavy (non-hydrogen) atoms. The van der Waals surface area contributed by atoms with E-state index in [9.17, 15) is 19.5 Å². The van der Waals surface area contributed by atoms with Gasteiger partial charge in [-0.05, 0) is 78.0 Å². The second kappa shape index (κ2) is 15.7. The molecule has 5 rings (SSSR count). The number of hydrogen-bond acceptors (Lipinski definition) is 10. The maximum absolute atomic E-state index is 14.2. The molecule has 1 aromatic carbocycles. The number of aliphatic hydroxyl groups is 1. The number of rotatable bonds is 10. The van der Waals surface area contributed by atoms with E-state index in [0.29, 0.717) is 48.0 Å². The van der Waals surface area contributed by atoms with Gasteiger partial charge in [0.2, 0.25) is 5.91 Å². The van der Waals surface area contributed by atoms with Gasteiger partial charge in [0.15, 0.2) is 5.65 Å². The predicted octanol–water partition coefficient (Wildman–Crippen LogP) is 6.28. The van der Waals surface area contributed by atoms with Crippen molar-refractivity contribution in [3.63, 3.8) is 0 Å². The van der Waals surface area contributed by atoms with Gasteiger partial charge in [-0.2, -0.15) is 14.7 Å². The third-order valence-electron chi connectivity index (χ3n) is 8.46. The molecule has 4 aromatic rings. The summed E-state index contributed by atoms with van der Waals surface area (Å²) in [6, 6.07) is 8.59. The summed E-state index contributed by atoms with van der Waals surface area (Å²) in [6.07, 6.45) is 5.40. The number of fused-ring (bicyclic) bond motifs is 1. The van der Waals surface area contributed by atoms with Crippen LogP contribution in [0.1, 0.15) is 85.3 Å². The van der Waals surface area contributed by atoms with Gasteiger partial charge in [0.1, 0.15) is 22.8 Å². The highest BCUT2D eigenvalue weighted by Crippen LogP contribution is 2.30. The van der Waals surface area contributed by atoms with E-state index in [-0.39, 0.29) is 24.9 Å². The average molecular weight is 730 g/mol. The van der Waals surface area contributed by atoms with Crippen LogP contribution >= 0.6 is 0 Å². The highest BCUT2D eigenvalue weighted by atomic mass is 16.6. The maximum Gasteiger partial charge on any atom is 0.416 e. The lowest BCUT2D eigenvalue weighted by Gasteiger charge is -2.39. The van der Waals surface area contributed by atoms with Crippen molar-refractivity contribution >= 4 is 41.1 Å². The Morgan fingerprint density at radius 2 is 1.79 bits per heavy atom. The molecule has 3 aromatic heterocycles. The van der Waals surface area contributed by atoms with Crippen molar-refractivity contribution in [3.8, 4) is 5.69 Å². The minimum atomic E-state index is -0.822. The summed E-state index contributed by atoms with van der Waals surface area (Å²) in [5.74, 6) is 0.474. The summed E-state index contributed by atoms with van der Waals surface area (Å²) >= 11 is 0. The minimum absolute atomic E-state index is 0.0441. The Bertz CT molecular complexity index is 1950. The Morgan fingerprint density at radius 3 is 2.47 bits per heavy atom. The van der Waals surface area contributed by atoms with E-state index in [1.165, 1.54) is 17.2 Å². The van der Waals surface area contributed by atoms with Gasteiger partial charge in [0.25, 0.3) is 0 Å². The van der Waals surface area contributed by atoms with Crippen molar-refractivity contribution in [2.45, 2.75) is 104 Å². The zero-order chi connectivity index (χ0) is 38.7. The smallest absolute Gasteiger partial charge is 0.416 e. The van der Waals surface area contributed by atoms with E-state index in [4.69, 9.17) is 14.5 Å². The third kappa shape index (κ3) is 9.52. The molecule has 2 atom stereocenters. The number of nitrogens with zero attached hydrogens (tertiary/aromatic N) is 7. The molecule has 15 heteroatoms. The summed E-state index contributed by atoms with van der Waals surface area (Å²) in [7, 11) is 0. The summed E-state index contributed by atoms with van der Waals surface area (Å²) in [5, 5.41) is 26.3. The Morgan fingerprint density at radius 1 is 1.08 bits per heavy atom. The van der Waals surface area contributed by atoms with Gasteiger partial charge in [-0.15, -0.1) is 0 Å². The quantitative estimate of drug-likeness (QED) is 0.158. The second-order valence-electron chi connectivity index (χ2n) is 15.4. The number of likely N-dealkylation sites (tertiary alicyclic amines) is 1. The van der Waals surface area contributed by atoms with Crippen LogP contribution in [0, 0.1) is 0 Å². The highest BCUT2D eigenvalue weighted by molar-refractivity contribution is 5.98. The van der Waals surface area contributed by atoms with E-state index in [1.807, 2.05) is 58.9 Å². The molecule has 3 amide bonds. The first-order valence-corrected chi connectivity index (χ1v) is 17.8. The number of aliphatic hydroxyl groups excluding tert-OH is 1. The van der Waals surface area contributed by atoms with Crippen LogP contribution in [0.5, 0.6) is 0 Å². The molecule has 0 saturated carbocycles. The average Bonchev–Trinajstić information content (AvgIpc) is 3.72. The summed E-state index contributed by atoms with van der Waals surface area (Å²) < 4.78 is 14.9. The van der Waals surface area contributed by atoms with Gasteiger partial charge < -0.3 is 30.1 Å². The van der Waals surface area contributed by atoms with Crippen LogP contribution in [0.15, 0.2) is 61.6 Å². The van der Waals surface area contributed by atoms with Crippen LogP contribution in [0.4, 0.5) is 26.9 Å². The van der Waals surface area contributed by atoms with Crippen molar-refractivity contribution in [1.29, 1.82) is 0 Å². The van der Waals surface area contributed by atoms with Crippen molar-refractivity contribution in [2.75, 3.05) is 28.6 Å². The predicted molar refractivity (Wildman–Crippen MR) is 202 cm³/mol. The number of benzene rings is 1. The van der Waals surface area contributed by atoms with E-state index in [0.717, 1.165) is 11.1 Å². The van der Waals surface area contributed by atoms with Crippen LogP contribution in [0.3, 0.4) is 0 Å². The van der Waals surface area contributed by atoms with Crippen LogP contribution in [0.2, 0.25) is 0 Å². The largest absolute Gasteiger partial charge is 0.444 e. The molecule has 0 spiro atoms. The fourth-order valence-corrected chi connectivity index (χ4v) is 6.00. The minimum Gasteiger partial charge on any atom is -0.444 e. The number of anilines is 3. The van der Waals surface area contributed by atoms with Gasteiger partial charge in [-0.25, -0.2) is 19.3 Å². The molecule has 1 saturated heterocycles. The lowest BCUT2D eigenvalue weighted by Crippen LogP contribution is -2.55. The number of carbonyl (C=O) groups is 3. The number of para-hydroxylation sites is 1. The fourth-order valence-electron chi connectivity index (χ4n) is 6.00. The van der Waals surface area contributed by atoms with E-state index in [1.54, 1.807) is 53.3 Å². The SMILES string of the molecule is C=CC(=O)Nc1cnn(-c2ccccc2CN(C(=O)OC(C)(C)C)c2cc(NCC3C(O)CCCN3C(=O)OC(C)(C)C)nc3c(C(C)C)cnn23)c1. The first-order chi connectivity index (χ1) is 24.9. The molecule has 1 aliphatic rings. The Kier molecular flexibility index (Phi) is 11.5. The van der Waals surface area contributed by atoms with E-state index in [2.05, 4.69) is 27.4 Å². The van der Waals surface area contributed by atoms with Crippen LogP contribution in [-0.2, 0) is 20.8 Å². The highest BCUT2D eigenvalue weighted by Gasteiger charge is 2.36. The molecule has 2 unspecified atom stereocenters. The zero-order valence-corrected chi connectivity index (χ0v) is 31.8. The summed E-state index contributed by atoms with van der Waals surface area (Å²) in [5.41, 5.74) is 1.74. The molecular formula is C38H51N9O6. The molecule has 1 aliphatic heterocycles. The lowest BCUT2D eigenvalue weighted by atomic mass is 9.99. The first-order valence-electron chi connectivity index (χ1n) is 17.8. The molecule has 4 heterocycles. The normalized spacial score (nSPS) is 16.4. The van der Waals surface area contributed by atoms with E-state index >= 15 is 0 Å². The second-order valence-corrected chi connectivity index (χ2v) is 15.4. The maximum atomic E-state index is 14.2. The van der Waals surface area contributed by atoms with Gasteiger partial charge in [0.05, 0.1) is 48.7 Å². The Hall–Kier alpha value is -5.44. The number of ether oxygens (including phenoxy) is 2. The molecule has 0 aliphatic carbocycles. The molecule has 15 nitrogen and oxygen atoms in total. The Labute approximate surface area is 310 Å². The molecule has 0 radical (unpaired) electrons. The third-order valence-corrected chi connectivity index (χ3v) is 8.46. The van der Waals surface area contributed by atoms with Crippen molar-refractivity contribution < 1.29 is 29.0 Å². The van der Waals surface area contributed by atoms with Crippen LogP contribution in [0.25, 0.3) is 11.3 Å². The lowest BCUT2D eigenvalue weighted by molar-refractivity contribution is -0.111. The van der Waals surface area contributed by atoms with Gasteiger partial charge in [0, 0.05) is 24.7 Å². The summed E-state index contributed by atoms with van der Waals surface area (Å²) in [4.78, 5) is 47.3. The fraction of sp³-hybridized carbons (Fsp3) is 0.474. The Balaban J connectivity index is 1.56. The van der Waals surface area contributed by atoms with Gasteiger partial charge >= 0.3 is 12.2 Å². The molecule has 1 fully saturated rings. The first kappa shape index (κ1) is 38.8. The number of hydrogen-bond donors (Lipinski definition) is 3. The van der Waals surface area contributed by atoms with E-state index < -0.39 is 35.5 Å². The van der Waals surface area contributed by atoms with Crippen LogP contribution < -0.4 is 15.5 Å².